The van der Waals surface area contributed by atoms with Crippen molar-refractivity contribution in [2.24, 2.45) is 11.1 Å². The topological polar surface area (TPSA) is 72.6 Å². The lowest BCUT2D eigenvalue weighted by Crippen LogP contribution is -2.75. The summed E-state index contributed by atoms with van der Waals surface area (Å²) < 4.78 is 5.12. The summed E-state index contributed by atoms with van der Waals surface area (Å²) in [6, 6.07) is 18.3. The molecule has 30 heavy (non-hydrogen) atoms. The van der Waals surface area contributed by atoms with Gasteiger partial charge in [0.15, 0.2) is 0 Å². The Bertz CT molecular complexity index is 971. The summed E-state index contributed by atoms with van der Waals surface area (Å²) in [5.41, 5.74) is 6.60. The minimum atomic E-state index is -1.12. The van der Waals surface area contributed by atoms with E-state index in [1.165, 1.54) is 0 Å². The van der Waals surface area contributed by atoms with Crippen molar-refractivity contribution in [3.63, 3.8) is 0 Å². The Morgan fingerprint density at radius 2 is 1.73 bits per heavy atom. The summed E-state index contributed by atoms with van der Waals surface area (Å²) in [5, 5.41) is -0.176. The van der Waals surface area contributed by atoms with Gasteiger partial charge in [-0.15, -0.1) is 24.2 Å². The molecule has 2 aromatic rings. The number of nitrogens with two attached hydrogens (primary N) is 1. The number of fused-ring (bicyclic) bond motifs is 1. The summed E-state index contributed by atoms with van der Waals surface area (Å²) in [4.78, 5) is 27.8. The van der Waals surface area contributed by atoms with E-state index >= 15 is 0 Å². The second-order valence-electron chi connectivity index (χ2n) is 7.79. The van der Waals surface area contributed by atoms with Gasteiger partial charge in [0.25, 0.3) is 0 Å². The molecule has 2 fully saturated rings. The molecular formula is C23H25ClN2O3S. The van der Waals surface area contributed by atoms with Crippen LogP contribution < -0.4 is 10.5 Å². The van der Waals surface area contributed by atoms with Crippen molar-refractivity contribution in [3.05, 3.63) is 78.4 Å². The minimum absolute atomic E-state index is 0. The molecule has 3 unspecified atom stereocenters. The van der Waals surface area contributed by atoms with Crippen LogP contribution in [0.2, 0.25) is 0 Å². The van der Waals surface area contributed by atoms with Crippen LogP contribution in [0.1, 0.15) is 19.4 Å². The number of nitrogens with zero attached hydrogens (tertiary/aromatic N) is 1. The molecule has 5 nitrogen and oxygen atoms in total. The Morgan fingerprint density at radius 1 is 1.17 bits per heavy atom. The fraction of sp³-hybridized carbons (Fsp3) is 0.304. The highest BCUT2D eigenvalue weighted by molar-refractivity contribution is 8.01. The van der Waals surface area contributed by atoms with Gasteiger partial charge in [-0.25, -0.2) is 0 Å². The maximum Gasteiger partial charge on any atom is 0.325 e. The predicted molar refractivity (Wildman–Crippen MR) is 121 cm³/mol. The minimum Gasteiger partial charge on any atom is -0.426 e. The van der Waals surface area contributed by atoms with Crippen molar-refractivity contribution >= 4 is 36.0 Å². The number of carbonyl (C=O) groups is 2. The predicted octanol–water partition coefficient (Wildman–Crippen LogP) is 3.73. The fourth-order valence-corrected chi connectivity index (χ4v) is 6.18. The number of benzene rings is 2. The Hall–Kier alpha value is -2.28. The van der Waals surface area contributed by atoms with Gasteiger partial charge in [0.05, 0.1) is 4.75 Å². The van der Waals surface area contributed by atoms with Gasteiger partial charge < -0.3 is 15.4 Å². The molecule has 1 amide bonds. The molecule has 158 valence electrons. The van der Waals surface area contributed by atoms with Gasteiger partial charge in [0.1, 0.15) is 22.6 Å². The van der Waals surface area contributed by atoms with Crippen LogP contribution in [0.3, 0.4) is 0 Å². The molecular weight excluding hydrogens is 420 g/mol. The highest BCUT2D eigenvalue weighted by Gasteiger charge is 2.67. The van der Waals surface area contributed by atoms with Crippen molar-refractivity contribution < 1.29 is 14.3 Å². The summed E-state index contributed by atoms with van der Waals surface area (Å²) >= 11 is 1.54. The lowest BCUT2D eigenvalue weighted by atomic mass is 9.66. The standard InChI is InChI=1S/C23H24N2O3S.ClH/c1-15(2)23(21(27)28-17-12-8-5-9-13-17)14-25-19(26)18(24)20(25)29-22(23,3)16-10-6-4-7-11-16;/h4-13,18,20H,1,14,24H2,2-3H3;1H/t18?,20-,22?,23?;/m1./s1. The lowest BCUT2D eigenvalue weighted by molar-refractivity contribution is -0.156. The van der Waals surface area contributed by atoms with Crippen molar-refractivity contribution in [2.75, 3.05) is 6.54 Å². The number of esters is 1. The molecule has 2 aliphatic heterocycles. The zero-order valence-electron chi connectivity index (χ0n) is 16.9. The maximum atomic E-state index is 13.7. The van der Waals surface area contributed by atoms with Crippen LogP contribution in [0.5, 0.6) is 5.75 Å². The van der Waals surface area contributed by atoms with Crippen molar-refractivity contribution in [1.82, 2.24) is 4.90 Å². The average Bonchev–Trinajstić information content (AvgIpc) is 2.74. The van der Waals surface area contributed by atoms with Crippen LogP contribution in [0.4, 0.5) is 0 Å². The van der Waals surface area contributed by atoms with E-state index in [9.17, 15) is 9.59 Å². The van der Waals surface area contributed by atoms with Gasteiger partial charge in [-0.1, -0.05) is 60.7 Å². The normalized spacial score (nSPS) is 29.8. The second-order valence-corrected chi connectivity index (χ2v) is 9.32. The van der Waals surface area contributed by atoms with E-state index in [4.69, 9.17) is 10.5 Å². The summed E-state index contributed by atoms with van der Waals surface area (Å²) in [7, 11) is 0. The third kappa shape index (κ3) is 3.14. The molecule has 0 radical (unpaired) electrons. The molecule has 4 rings (SSSR count). The van der Waals surface area contributed by atoms with E-state index in [0.29, 0.717) is 11.3 Å². The molecule has 2 aliphatic rings. The van der Waals surface area contributed by atoms with Gasteiger partial charge >= 0.3 is 5.97 Å². The van der Waals surface area contributed by atoms with Gasteiger partial charge in [0, 0.05) is 6.54 Å². The first-order chi connectivity index (χ1) is 13.8. The number of β-lactam (4-membered cyclic amide) rings is 1. The lowest BCUT2D eigenvalue weighted by Gasteiger charge is -2.61. The largest absolute Gasteiger partial charge is 0.426 e. The van der Waals surface area contributed by atoms with Gasteiger partial charge in [-0.2, -0.15) is 0 Å². The Balaban J connectivity index is 0.00000256. The number of rotatable bonds is 4. The highest BCUT2D eigenvalue weighted by Crippen LogP contribution is 2.61. The van der Waals surface area contributed by atoms with E-state index in [1.807, 2.05) is 62.4 Å². The first-order valence-corrected chi connectivity index (χ1v) is 10.4. The fourth-order valence-electron chi connectivity index (χ4n) is 4.33. The van der Waals surface area contributed by atoms with Crippen LogP contribution in [0.15, 0.2) is 72.8 Å². The summed E-state index contributed by atoms with van der Waals surface area (Å²) in [5.74, 6) is -0.0928. The molecule has 7 heteroatoms. The van der Waals surface area contributed by atoms with Crippen LogP contribution >= 0.6 is 24.2 Å². The van der Waals surface area contributed by atoms with E-state index in [0.717, 1.165) is 5.56 Å². The third-order valence-corrected chi connectivity index (χ3v) is 7.96. The van der Waals surface area contributed by atoms with E-state index < -0.39 is 22.2 Å². The quantitative estimate of drug-likeness (QED) is 0.336. The molecule has 4 atom stereocenters. The zero-order valence-corrected chi connectivity index (χ0v) is 18.5. The maximum absolute atomic E-state index is 13.7. The number of ether oxygens (including phenoxy) is 1. The van der Waals surface area contributed by atoms with Gasteiger partial charge in [-0.3, -0.25) is 9.59 Å². The molecule has 0 spiro atoms. The van der Waals surface area contributed by atoms with Crippen LogP contribution in [-0.4, -0.2) is 34.7 Å². The van der Waals surface area contributed by atoms with Crippen molar-refractivity contribution in [2.45, 2.75) is 30.0 Å². The number of halogens is 1. The van der Waals surface area contributed by atoms with Crippen molar-refractivity contribution in [1.29, 1.82) is 0 Å². The number of amides is 1. The average molecular weight is 445 g/mol. The van der Waals surface area contributed by atoms with E-state index in [1.54, 1.807) is 28.8 Å². The number of para-hydroxylation sites is 1. The number of carbonyl (C=O) groups excluding carboxylic acids is 2. The molecule has 2 heterocycles. The molecule has 0 saturated carbocycles. The van der Waals surface area contributed by atoms with Gasteiger partial charge in [-0.05, 0) is 31.5 Å². The SMILES string of the molecule is C=C(C)C1(C(=O)Oc2ccccc2)CN2C(=O)C(N)[C@H]2SC1(C)c1ccccc1.Cl. The monoisotopic (exact) mass is 444 g/mol. The Labute approximate surface area is 187 Å². The molecule has 2 saturated heterocycles. The zero-order chi connectivity index (χ0) is 20.8. The first kappa shape index (κ1) is 22.4. The Morgan fingerprint density at radius 3 is 2.30 bits per heavy atom. The van der Waals surface area contributed by atoms with E-state index in [-0.39, 0.29) is 30.2 Å². The molecule has 0 bridgehead atoms. The third-order valence-electron chi connectivity index (χ3n) is 6.12. The number of thioether (sulfide) groups is 1. The Kier molecular flexibility index (Phi) is 6.05. The highest BCUT2D eigenvalue weighted by atomic mass is 35.5. The smallest absolute Gasteiger partial charge is 0.325 e. The molecule has 0 aromatic heterocycles. The number of hydrogen-bond donors (Lipinski definition) is 1. The summed E-state index contributed by atoms with van der Waals surface area (Å²) in [6.45, 7) is 8.24. The van der Waals surface area contributed by atoms with Gasteiger partial charge in [0.2, 0.25) is 5.91 Å². The molecule has 2 aromatic carbocycles. The number of hydrogen-bond acceptors (Lipinski definition) is 5. The van der Waals surface area contributed by atoms with Crippen molar-refractivity contribution in [3.8, 4) is 5.75 Å². The summed E-state index contributed by atoms with van der Waals surface area (Å²) in [6.07, 6.45) is 0. The van der Waals surface area contributed by atoms with Crippen LogP contribution in [0, 0.1) is 5.41 Å². The molecule has 2 N–H and O–H groups in total. The first-order valence-electron chi connectivity index (χ1n) is 9.54. The van der Waals surface area contributed by atoms with Crippen LogP contribution in [-0.2, 0) is 14.3 Å². The second kappa shape index (κ2) is 8.10. The van der Waals surface area contributed by atoms with E-state index in [2.05, 4.69) is 6.58 Å². The van der Waals surface area contributed by atoms with Crippen LogP contribution in [0.25, 0.3) is 0 Å². The molecule has 0 aliphatic carbocycles.